The maximum absolute atomic E-state index is 12.1. The van der Waals surface area contributed by atoms with E-state index in [0.717, 1.165) is 0 Å². The molecule has 0 saturated carbocycles. The van der Waals surface area contributed by atoms with E-state index < -0.39 is 33.7 Å². The Kier molecular flexibility index (Phi) is 5.05. The summed E-state index contributed by atoms with van der Waals surface area (Å²) >= 11 is 0. The van der Waals surface area contributed by atoms with Crippen LogP contribution in [0.25, 0.3) is 0 Å². The lowest BCUT2D eigenvalue weighted by Gasteiger charge is -2.30. The van der Waals surface area contributed by atoms with Crippen LogP contribution >= 0.6 is 10.6 Å². The molecule has 0 aliphatic heterocycles. The van der Waals surface area contributed by atoms with E-state index in [0.29, 0.717) is 22.5 Å². The Labute approximate surface area is 135 Å². The zero-order valence-corrected chi connectivity index (χ0v) is 13.1. The molecule has 0 bridgehead atoms. The highest BCUT2D eigenvalue weighted by Gasteiger charge is 2.23. The van der Waals surface area contributed by atoms with Crippen molar-refractivity contribution in [2.75, 3.05) is 23.0 Å². The predicted molar refractivity (Wildman–Crippen MR) is 93.0 cm³/mol. The Morgan fingerprint density at radius 2 is 1.04 bits per heavy atom. The van der Waals surface area contributed by atoms with Gasteiger partial charge in [-0.25, -0.2) is 0 Å². The highest BCUT2D eigenvalue weighted by molar-refractivity contribution is 8.25. The molecule has 122 valence electrons. The van der Waals surface area contributed by atoms with Gasteiger partial charge in [0.2, 0.25) is 0 Å². The van der Waals surface area contributed by atoms with Gasteiger partial charge in [-0.2, -0.15) is 10.6 Å². The first-order chi connectivity index (χ1) is 10.8. The van der Waals surface area contributed by atoms with E-state index in [2.05, 4.69) is 0 Å². The molecule has 2 rings (SSSR count). The molecule has 2 aromatic carbocycles. The summed E-state index contributed by atoms with van der Waals surface area (Å²) in [5.41, 5.74) is 12.7. The summed E-state index contributed by atoms with van der Waals surface area (Å²) in [4.78, 5) is 24.1. The van der Waals surface area contributed by atoms with Crippen molar-refractivity contribution in [2.45, 2.75) is 0 Å². The highest BCUT2D eigenvalue weighted by atomic mass is 32.3. The van der Waals surface area contributed by atoms with Crippen molar-refractivity contribution < 1.29 is 18.7 Å². The van der Waals surface area contributed by atoms with E-state index in [4.69, 9.17) is 11.5 Å². The van der Waals surface area contributed by atoms with Crippen molar-refractivity contribution in [3.05, 3.63) is 59.7 Å². The molecule has 0 spiro atoms. The highest BCUT2D eigenvalue weighted by Crippen LogP contribution is 2.39. The van der Waals surface area contributed by atoms with Crippen molar-refractivity contribution >= 4 is 33.5 Å². The third-order valence-electron chi connectivity index (χ3n) is 3.19. The summed E-state index contributed by atoms with van der Waals surface area (Å²) in [5, 5.41) is 0. The van der Waals surface area contributed by atoms with Gasteiger partial charge in [0, 0.05) is 22.5 Å². The number of nitrogens with two attached hydrogens (primary N) is 2. The number of Topliss-reactive ketones (excluding diaryl/α,β-unsaturated/α-hetero) is 2. The van der Waals surface area contributed by atoms with E-state index in [-0.39, 0.29) is 0 Å². The van der Waals surface area contributed by atoms with Crippen LogP contribution in [0, 0.1) is 0 Å². The number of carbonyl (C=O) groups excluding carboxylic acids is 2. The second-order valence-electron chi connectivity index (χ2n) is 5.18. The fourth-order valence-corrected chi connectivity index (χ4v) is 3.25. The molecule has 23 heavy (non-hydrogen) atoms. The second-order valence-corrected chi connectivity index (χ2v) is 7.36. The minimum Gasteiger partial charge on any atom is -0.399 e. The zero-order valence-electron chi connectivity index (χ0n) is 12.3. The van der Waals surface area contributed by atoms with Crippen LogP contribution in [-0.4, -0.2) is 32.2 Å². The number of benzene rings is 2. The molecule has 0 aromatic heterocycles. The summed E-state index contributed by atoms with van der Waals surface area (Å²) in [6.07, 6.45) is 0. The Bertz CT molecular complexity index is 650. The molecule has 0 fully saturated rings. The standard InChI is InChI=1S/C16H18N2O4S/c17-13-5-1-11(2-6-13)15(19)9-23(21,22)10-16(20)12-3-7-14(18)8-4-12/h1-8,21-22H,9-10,17-18H2. The SMILES string of the molecule is Nc1ccc(C(=O)CS(O)(O)CC(=O)c2ccc(N)cc2)cc1. The van der Waals surface area contributed by atoms with Crippen LogP contribution in [0.4, 0.5) is 11.4 Å². The lowest BCUT2D eigenvalue weighted by Crippen LogP contribution is -2.21. The van der Waals surface area contributed by atoms with E-state index in [1.807, 2.05) is 0 Å². The number of hydrogen-bond donors (Lipinski definition) is 4. The van der Waals surface area contributed by atoms with Crippen LogP contribution in [0.5, 0.6) is 0 Å². The lowest BCUT2D eigenvalue weighted by molar-refractivity contribution is 0.101. The second kappa shape index (κ2) is 6.82. The van der Waals surface area contributed by atoms with Crippen LogP contribution in [0.2, 0.25) is 0 Å². The molecular formula is C16H18N2O4S. The number of nitrogen functional groups attached to an aromatic ring is 2. The summed E-state index contributed by atoms with van der Waals surface area (Å²) in [5.74, 6) is -1.90. The molecule has 6 nitrogen and oxygen atoms in total. The van der Waals surface area contributed by atoms with Crippen LogP contribution in [0.1, 0.15) is 20.7 Å². The average Bonchev–Trinajstić information content (AvgIpc) is 2.47. The van der Waals surface area contributed by atoms with Gasteiger partial charge in [0.25, 0.3) is 0 Å². The van der Waals surface area contributed by atoms with Crippen molar-refractivity contribution in [1.82, 2.24) is 0 Å². The van der Waals surface area contributed by atoms with Gasteiger partial charge in [-0.05, 0) is 48.5 Å². The van der Waals surface area contributed by atoms with Gasteiger partial charge in [0.15, 0.2) is 11.6 Å². The van der Waals surface area contributed by atoms with E-state index in [1.54, 1.807) is 24.3 Å². The lowest BCUT2D eigenvalue weighted by atomic mass is 10.1. The van der Waals surface area contributed by atoms with Crippen molar-refractivity contribution in [1.29, 1.82) is 0 Å². The quantitative estimate of drug-likeness (QED) is 0.475. The number of hydrogen-bond acceptors (Lipinski definition) is 6. The molecule has 0 atom stereocenters. The number of ketones is 2. The number of rotatable bonds is 6. The van der Waals surface area contributed by atoms with Gasteiger partial charge in [-0.3, -0.25) is 18.7 Å². The van der Waals surface area contributed by atoms with Gasteiger partial charge in [0.05, 0.1) is 0 Å². The molecule has 0 amide bonds. The summed E-state index contributed by atoms with van der Waals surface area (Å²) in [6.45, 7) is 0. The Balaban J connectivity index is 2.03. The Morgan fingerprint density at radius 3 is 1.35 bits per heavy atom. The third kappa shape index (κ3) is 4.82. The van der Waals surface area contributed by atoms with Crippen LogP contribution in [0.3, 0.4) is 0 Å². The topological polar surface area (TPSA) is 127 Å². The molecule has 7 heteroatoms. The zero-order chi connectivity index (χ0) is 17.0. The molecule has 0 heterocycles. The number of carbonyl (C=O) groups is 2. The van der Waals surface area contributed by atoms with Gasteiger partial charge in [0.1, 0.15) is 11.5 Å². The fraction of sp³-hybridized carbons (Fsp3) is 0.125. The van der Waals surface area contributed by atoms with Crippen molar-refractivity contribution in [3.8, 4) is 0 Å². The predicted octanol–water partition coefficient (Wildman–Crippen LogP) is 2.67. The minimum absolute atomic E-state index is 0.319. The Morgan fingerprint density at radius 1 is 0.739 bits per heavy atom. The average molecular weight is 334 g/mol. The monoisotopic (exact) mass is 334 g/mol. The van der Waals surface area contributed by atoms with Gasteiger partial charge in [-0.1, -0.05) is 0 Å². The largest absolute Gasteiger partial charge is 0.399 e. The summed E-state index contributed by atoms with van der Waals surface area (Å²) in [7, 11) is -3.36. The maximum atomic E-state index is 12.1. The first-order valence-corrected chi connectivity index (χ1v) is 8.66. The molecule has 0 radical (unpaired) electrons. The van der Waals surface area contributed by atoms with E-state index in [1.165, 1.54) is 24.3 Å². The van der Waals surface area contributed by atoms with Crippen LogP contribution < -0.4 is 11.5 Å². The minimum atomic E-state index is -3.36. The normalized spacial score (nSPS) is 11.9. The fourth-order valence-electron chi connectivity index (χ4n) is 1.98. The van der Waals surface area contributed by atoms with E-state index >= 15 is 0 Å². The molecular weight excluding hydrogens is 316 g/mol. The molecule has 0 aliphatic rings. The third-order valence-corrected chi connectivity index (χ3v) is 4.64. The van der Waals surface area contributed by atoms with E-state index in [9.17, 15) is 18.7 Å². The maximum Gasteiger partial charge on any atom is 0.181 e. The molecule has 0 aliphatic carbocycles. The molecule has 2 aromatic rings. The van der Waals surface area contributed by atoms with Crippen LogP contribution in [-0.2, 0) is 0 Å². The van der Waals surface area contributed by atoms with Gasteiger partial charge < -0.3 is 11.5 Å². The first-order valence-electron chi connectivity index (χ1n) is 6.78. The molecule has 0 saturated heterocycles. The van der Waals surface area contributed by atoms with Gasteiger partial charge in [-0.15, -0.1) is 0 Å². The van der Waals surface area contributed by atoms with Crippen LogP contribution in [0.15, 0.2) is 48.5 Å². The van der Waals surface area contributed by atoms with Crippen molar-refractivity contribution in [2.24, 2.45) is 0 Å². The summed E-state index contributed by atoms with van der Waals surface area (Å²) in [6, 6.07) is 12.3. The molecule has 0 unspecified atom stereocenters. The smallest absolute Gasteiger partial charge is 0.181 e. The van der Waals surface area contributed by atoms with Crippen molar-refractivity contribution in [3.63, 3.8) is 0 Å². The number of anilines is 2. The molecule has 6 N–H and O–H groups in total. The first kappa shape index (κ1) is 17.0. The van der Waals surface area contributed by atoms with Gasteiger partial charge >= 0.3 is 0 Å². The summed E-state index contributed by atoms with van der Waals surface area (Å²) < 4.78 is 20.1. The Hall–Kier alpha value is -2.35.